The van der Waals surface area contributed by atoms with Crippen LogP contribution < -0.4 is 0 Å². The third-order valence-corrected chi connectivity index (χ3v) is 1.93. The maximum absolute atomic E-state index is 8.95. The fourth-order valence-corrected chi connectivity index (χ4v) is 1.15. The highest BCUT2D eigenvalue weighted by atomic mass is 16.5. The van der Waals surface area contributed by atoms with Crippen LogP contribution in [0.1, 0.15) is 13.3 Å². The molecule has 1 heterocycles. The molecule has 3 heteroatoms. The summed E-state index contributed by atoms with van der Waals surface area (Å²) in [6, 6.07) is 0. The van der Waals surface area contributed by atoms with Crippen molar-refractivity contribution in [3.8, 4) is 11.8 Å². The second-order valence-corrected chi connectivity index (χ2v) is 3.30. The van der Waals surface area contributed by atoms with E-state index in [1.54, 1.807) is 6.92 Å². The average molecular weight is 183 g/mol. The lowest BCUT2D eigenvalue weighted by Gasteiger charge is -2.24. The number of nitrogens with zero attached hydrogens (tertiary/aromatic N) is 1. The fraction of sp³-hybridized carbons (Fsp3) is 0.800. The summed E-state index contributed by atoms with van der Waals surface area (Å²) in [7, 11) is 0. The van der Waals surface area contributed by atoms with Crippen molar-refractivity contribution in [1.82, 2.24) is 4.90 Å². The Morgan fingerprint density at radius 2 is 2.08 bits per heavy atom. The molecular formula is C10H17NO2. The predicted octanol–water partition coefficient (Wildman–Crippen LogP) is 0.0929. The van der Waals surface area contributed by atoms with Crippen LogP contribution in [0.25, 0.3) is 0 Å². The summed E-state index contributed by atoms with van der Waals surface area (Å²) >= 11 is 0. The number of hydrogen-bond acceptors (Lipinski definition) is 3. The molecule has 1 aliphatic heterocycles. The van der Waals surface area contributed by atoms with Crippen molar-refractivity contribution in [1.29, 1.82) is 0 Å². The molecule has 0 aromatic carbocycles. The molecule has 1 saturated heterocycles. The second-order valence-electron chi connectivity index (χ2n) is 3.30. The van der Waals surface area contributed by atoms with E-state index in [4.69, 9.17) is 9.84 Å². The van der Waals surface area contributed by atoms with Crippen molar-refractivity contribution < 1.29 is 9.84 Å². The van der Waals surface area contributed by atoms with Crippen LogP contribution in [0, 0.1) is 11.8 Å². The Balaban J connectivity index is 2.11. The van der Waals surface area contributed by atoms with Crippen LogP contribution in [0.4, 0.5) is 0 Å². The molecule has 1 aliphatic rings. The van der Waals surface area contributed by atoms with E-state index >= 15 is 0 Å². The fourth-order valence-electron chi connectivity index (χ4n) is 1.15. The van der Waals surface area contributed by atoms with E-state index < -0.39 is 0 Å². The van der Waals surface area contributed by atoms with Crippen molar-refractivity contribution in [3.63, 3.8) is 0 Å². The van der Waals surface area contributed by atoms with Gasteiger partial charge in [0.25, 0.3) is 0 Å². The van der Waals surface area contributed by atoms with Crippen molar-refractivity contribution in [2.45, 2.75) is 19.4 Å². The van der Waals surface area contributed by atoms with Gasteiger partial charge in [-0.25, -0.2) is 0 Å². The Hall–Kier alpha value is -0.560. The van der Waals surface area contributed by atoms with Gasteiger partial charge in [0.1, 0.15) is 0 Å². The lowest BCUT2D eigenvalue weighted by molar-refractivity contribution is 0.0443. The van der Waals surface area contributed by atoms with Gasteiger partial charge in [0.15, 0.2) is 0 Å². The molecule has 3 nitrogen and oxygen atoms in total. The first kappa shape index (κ1) is 10.5. The molecular weight excluding hydrogens is 166 g/mol. The summed E-state index contributed by atoms with van der Waals surface area (Å²) in [6.45, 7) is 6.14. The Morgan fingerprint density at radius 3 is 2.69 bits per heavy atom. The van der Waals surface area contributed by atoms with Crippen molar-refractivity contribution in [2.75, 3.05) is 32.8 Å². The number of ether oxygens (including phenoxy) is 1. The van der Waals surface area contributed by atoms with Crippen LogP contribution in [0.15, 0.2) is 0 Å². The van der Waals surface area contributed by atoms with Crippen LogP contribution in [0.2, 0.25) is 0 Å². The second kappa shape index (κ2) is 5.98. The number of hydrogen-bond donors (Lipinski definition) is 1. The maximum Gasteiger partial charge on any atom is 0.0621 e. The van der Waals surface area contributed by atoms with E-state index in [1.165, 1.54) is 0 Å². The third kappa shape index (κ3) is 4.89. The summed E-state index contributed by atoms with van der Waals surface area (Å²) in [5.74, 6) is 6.00. The monoisotopic (exact) mass is 183 g/mol. The summed E-state index contributed by atoms with van der Waals surface area (Å²) in [6.07, 6.45) is 0.266. The van der Waals surface area contributed by atoms with E-state index in [2.05, 4.69) is 16.7 Å². The highest BCUT2D eigenvalue weighted by Gasteiger charge is 2.07. The van der Waals surface area contributed by atoms with Crippen LogP contribution >= 0.6 is 0 Å². The first-order chi connectivity index (χ1) is 6.29. The number of aliphatic hydroxyl groups excluding tert-OH is 1. The molecule has 0 aromatic rings. The molecule has 0 aromatic heterocycles. The van der Waals surface area contributed by atoms with Gasteiger partial charge < -0.3 is 9.84 Å². The Morgan fingerprint density at radius 1 is 1.38 bits per heavy atom. The Kier molecular flexibility index (Phi) is 4.84. The minimum absolute atomic E-state index is 0.308. The van der Waals surface area contributed by atoms with Gasteiger partial charge in [-0.2, -0.15) is 0 Å². The van der Waals surface area contributed by atoms with Crippen LogP contribution in [0.5, 0.6) is 0 Å². The smallest absolute Gasteiger partial charge is 0.0621 e. The van der Waals surface area contributed by atoms with Gasteiger partial charge >= 0.3 is 0 Å². The largest absolute Gasteiger partial charge is 0.392 e. The van der Waals surface area contributed by atoms with Crippen LogP contribution in [0.3, 0.4) is 0 Å². The molecule has 0 aliphatic carbocycles. The highest BCUT2D eigenvalue weighted by molar-refractivity contribution is 5.02. The Bertz CT molecular complexity index is 187. The highest BCUT2D eigenvalue weighted by Crippen LogP contribution is 1.94. The van der Waals surface area contributed by atoms with E-state index in [0.717, 1.165) is 32.8 Å². The molecule has 1 N–H and O–H groups in total. The molecule has 74 valence electrons. The minimum Gasteiger partial charge on any atom is -0.392 e. The molecule has 0 spiro atoms. The average Bonchev–Trinajstić information content (AvgIpc) is 2.14. The summed E-state index contributed by atoms with van der Waals surface area (Å²) in [5.41, 5.74) is 0. The first-order valence-corrected chi connectivity index (χ1v) is 4.73. The summed E-state index contributed by atoms with van der Waals surface area (Å²) in [5, 5.41) is 8.95. The van der Waals surface area contributed by atoms with Gasteiger partial charge in [-0.1, -0.05) is 11.8 Å². The Labute approximate surface area is 79.7 Å². The zero-order chi connectivity index (χ0) is 9.52. The van der Waals surface area contributed by atoms with Gasteiger partial charge in [0, 0.05) is 19.5 Å². The van der Waals surface area contributed by atoms with Gasteiger partial charge in [-0.3, -0.25) is 4.90 Å². The summed E-state index contributed by atoms with van der Waals surface area (Å²) in [4.78, 5) is 2.26. The summed E-state index contributed by atoms with van der Waals surface area (Å²) < 4.78 is 5.21. The van der Waals surface area contributed by atoms with Gasteiger partial charge in [0.2, 0.25) is 0 Å². The third-order valence-electron chi connectivity index (χ3n) is 1.93. The van der Waals surface area contributed by atoms with E-state index in [0.29, 0.717) is 6.42 Å². The number of aliphatic hydroxyl groups is 1. The van der Waals surface area contributed by atoms with Crippen LogP contribution in [-0.4, -0.2) is 49.0 Å². The zero-order valence-corrected chi connectivity index (χ0v) is 8.12. The van der Waals surface area contributed by atoms with Crippen molar-refractivity contribution in [2.24, 2.45) is 0 Å². The molecule has 1 rings (SSSR count). The molecule has 0 bridgehead atoms. The molecule has 13 heavy (non-hydrogen) atoms. The van der Waals surface area contributed by atoms with Gasteiger partial charge in [-0.05, 0) is 6.92 Å². The first-order valence-electron chi connectivity index (χ1n) is 4.73. The predicted molar refractivity (Wildman–Crippen MR) is 51.3 cm³/mol. The van der Waals surface area contributed by atoms with E-state index in [-0.39, 0.29) is 6.10 Å². The molecule has 1 fully saturated rings. The topological polar surface area (TPSA) is 32.7 Å². The SMILES string of the molecule is CC(O)CC#CCN1CCOCC1. The van der Waals surface area contributed by atoms with Gasteiger partial charge in [-0.15, -0.1) is 0 Å². The molecule has 0 radical (unpaired) electrons. The van der Waals surface area contributed by atoms with Gasteiger partial charge in [0.05, 0.1) is 25.9 Å². The molecule has 1 unspecified atom stereocenters. The molecule has 0 amide bonds. The minimum atomic E-state index is -0.308. The van der Waals surface area contributed by atoms with Crippen molar-refractivity contribution >= 4 is 0 Å². The number of morpholine rings is 1. The zero-order valence-electron chi connectivity index (χ0n) is 8.12. The standard InChI is InChI=1S/C10H17NO2/c1-10(12)4-2-3-5-11-6-8-13-9-7-11/h10,12H,4-9H2,1H3. The van der Waals surface area contributed by atoms with E-state index in [1.807, 2.05) is 0 Å². The maximum atomic E-state index is 8.95. The lowest BCUT2D eigenvalue weighted by atomic mass is 10.3. The number of rotatable bonds is 2. The quantitative estimate of drug-likeness (QED) is 0.616. The van der Waals surface area contributed by atoms with E-state index in [9.17, 15) is 0 Å². The van der Waals surface area contributed by atoms with Crippen LogP contribution in [-0.2, 0) is 4.74 Å². The lowest BCUT2D eigenvalue weighted by Crippen LogP contribution is -2.36. The molecule has 0 saturated carbocycles. The van der Waals surface area contributed by atoms with Crippen molar-refractivity contribution in [3.05, 3.63) is 0 Å². The molecule has 1 atom stereocenters. The normalized spacial score (nSPS) is 20.5.